The summed E-state index contributed by atoms with van der Waals surface area (Å²) in [7, 11) is 0. The van der Waals surface area contributed by atoms with Gasteiger partial charge in [-0.2, -0.15) is 11.8 Å². The van der Waals surface area contributed by atoms with Crippen molar-refractivity contribution < 1.29 is 9.90 Å². The summed E-state index contributed by atoms with van der Waals surface area (Å²) >= 11 is 1.83. The molecule has 2 N–H and O–H groups in total. The second kappa shape index (κ2) is 7.38. The third-order valence-corrected chi connectivity index (χ3v) is 5.12. The van der Waals surface area contributed by atoms with E-state index in [2.05, 4.69) is 19.2 Å². The highest BCUT2D eigenvalue weighted by Crippen LogP contribution is 2.33. The van der Waals surface area contributed by atoms with Crippen molar-refractivity contribution in [2.45, 2.75) is 38.0 Å². The summed E-state index contributed by atoms with van der Waals surface area (Å²) in [5, 5.41) is 14.4. The second-order valence-corrected chi connectivity index (χ2v) is 7.85. The third-order valence-electron chi connectivity index (χ3n) is 4.01. The number of benzene rings is 1. The van der Waals surface area contributed by atoms with Gasteiger partial charge in [0.1, 0.15) is 5.60 Å². The first kappa shape index (κ1) is 17.2. The van der Waals surface area contributed by atoms with Crippen LogP contribution in [0, 0.1) is 6.92 Å². The van der Waals surface area contributed by atoms with E-state index in [1.54, 1.807) is 4.90 Å². The Morgan fingerprint density at radius 3 is 2.86 bits per heavy atom. The number of amides is 2. The highest BCUT2D eigenvalue weighted by molar-refractivity contribution is 7.99. The Balaban J connectivity index is 1.89. The molecule has 2 amide bonds. The number of β-amino-alcohol motifs (C(OH)–C–C–N with tert-alkyl or cyclic N) is 1. The molecular formula is C17H26N2O2S. The van der Waals surface area contributed by atoms with Crippen LogP contribution in [0.2, 0.25) is 0 Å². The Labute approximate surface area is 137 Å². The summed E-state index contributed by atoms with van der Waals surface area (Å²) in [4.78, 5) is 13.9. The molecule has 2 rings (SSSR count). The van der Waals surface area contributed by atoms with Gasteiger partial charge in [0.25, 0.3) is 0 Å². The van der Waals surface area contributed by atoms with Crippen LogP contribution in [-0.4, -0.2) is 46.7 Å². The van der Waals surface area contributed by atoms with Gasteiger partial charge in [-0.25, -0.2) is 4.79 Å². The number of aryl methyl sites for hydroxylation is 1. The first-order valence-electron chi connectivity index (χ1n) is 7.85. The number of rotatable bonds is 5. The number of nitrogens with zero attached hydrogens (tertiary/aromatic N) is 1. The summed E-state index contributed by atoms with van der Waals surface area (Å²) in [6, 6.07) is 7.78. The third kappa shape index (κ3) is 4.17. The highest BCUT2D eigenvalue weighted by atomic mass is 32.2. The largest absolute Gasteiger partial charge is 0.383 e. The molecular weight excluding hydrogens is 296 g/mol. The van der Waals surface area contributed by atoms with Crippen LogP contribution in [0.15, 0.2) is 24.3 Å². The predicted molar refractivity (Wildman–Crippen MR) is 92.3 cm³/mol. The van der Waals surface area contributed by atoms with Gasteiger partial charge in [-0.05, 0) is 29.7 Å². The maximum atomic E-state index is 12.2. The molecule has 1 aromatic carbocycles. The van der Waals surface area contributed by atoms with E-state index >= 15 is 0 Å². The van der Waals surface area contributed by atoms with Crippen LogP contribution in [0.1, 0.15) is 31.4 Å². The molecule has 1 aromatic rings. The molecule has 4 nitrogen and oxygen atoms in total. The lowest BCUT2D eigenvalue weighted by Crippen LogP contribution is -2.41. The Hall–Kier alpha value is -1.20. The minimum absolute atomic E-state index is 0.0751. The van der Waals surface area contributed by atoms with Crippen LogP contribution in [0.25, 0.3) is 0 Å². The van der Waals surface area contributed by atoms with E-state index in [0.29, 0.717) is 31.3 Å². The number of nitrogens with one attached hydrogen (secondary N) is 1. The lowest BCUT2D eigenvalue weighted by Gasteiger charge is -2.25. The smallest absolute Gasteiger partial charge is 0.317 e. The molecule has 1 aliphatic rings. The van der Waals surface area contributed by atoms with E-state index in [4.69, 9.17) is 0 Å². The standard InChI is InChI=1S/C17H26N2O2S/c1-13(2)22-11-9-18-16(20)19-10-8-17(21,12-19)15-7-5-4-6-14(15)3/h4-7,13,21H,8-12H2,1-3H3,(H,18,20)/t17-/m0/s1. The van der Waals surface area contributed by atoms with Gasteiger partial charge in [0.15, 0.2) is 0 Å². The van der Waals surface area contributed by atoms with Crippen molar-refractivity contribution in [2.75, 3.05) is 25.4 Å². The van der Waals surface area contributed by atoms with E-state index < -0.39 is 5.60 Å². The monoisotopic (exact) mass is 322 g/mol. The van der Waals surface area contributed by atoms with Crippen LogP contribution < -0.4 is 5.32 Å². The van der Waals surface area contributed by atoms with E-state index in [1.807, 2.05) is 43.0 Å². The van der Waals surface area contributed by atoms with Crippen molar-refractivity contribution in [1.29, 1.82) is 0 Å². The highest BCUT2D eigenvalue weighted by Gasteiger charge is 2.40. The number of hydrogen-bond acceptors (Lipinski definition) is 3. The molecule has 0 unspecified atom stereocenters. The van der Waals surface area contributed by atoms with Gasteiger partial charge < -0.3 is 15.3 Å². The van der Waals surface area contributed by atoms with E-state index in [0.717, 1.165) is 16.9 Å². The first-order valence-corrected chi connectivity index (χ1v) is 8.90. The predicted octanol–water partition coefficient (Wildman–Crippen LogP) is 2.74. The molecule has 1 atom stereocenters. The molecule has 0 bridgehead atoms. The van der Waals surface area contributed by atoms with Gasteiger partial charge in [0.05, 0.1) is 6.54 Å². The van der Waals surface area contributed by atoms with Crippen molar-refractivity contribution in [3.8, 4) is 0 Å². The van der Waals surface area contributed by atoms with E-state index in [9.17, 15) is 9.90 Å². The summed E-state index contributed by atoms with van der Waals surface area (Å²) < 4.78 is 0. The quantitative estimate of drug-likeness (QED) is 0.820. The molecule has 122 valence electrons. The maximum Gasteiger partial charge on any atom is 0.317 e. The van der Waals surface area contributed by atoms with Gasteiger partial charge in [-0.1, -0.05) is 38.1 Å². The minimum atomic E-state index is -0.921. The summed E-state index contributed by atoms with van der Waals surface area (Å²) in [6.45, 7) is 7.92. The molecule has 5 heteroatoms. The van der Waals surface area contributed by atoms with Crippen molar-refractivity contribution in [3.63, 3.8) is 0 Å². The van der Waals surface area contributed by atoms with E-state index in [1.165, 1.54) is 0 Å². The van der Waals surface area contributed by atoms with Crippen LogP contribution in [-0.2, 0) is 5.60 Å². The molecule has 1 fully saturated rings. The van der Waals surface area contributed by atoms with E-state index in [-0.39, 0.29) is 6.03 Å². The van der Waals surface area contributed by atoms with Gasteiger partial charge in [-0.3, -0.25) is 0 Å². The Kier molecular flexibility index (Phi) is 5.75. The first-order chi connectivity index (χ1) is 10.4. The van der Waals surface area contributed by atoms with Gasteiger partial charge >= 0.3 is 6.03 Å². The molecule has 0 saturated carbocycles. The second-order valence-electron chi connectivity index (χ2n) is 6.17. The minimum Gasteiger partial charge on any atom is -0.383 e. The van der Waals surface area contributed by atoms with Crippen molar-refractivity contribution >= 4 is 17.8 Å². The Bertz CT molecular complexity index is 521. The molecule has 1 aliphatic heterocycles. The van der Waals surface area contributed by atoms with Crippen molar-refractivity contribution in [2.24, 2.45) is 0 Å². The number of carbonyl (C=O) groups is 1. The molecule has 0 radical (unpaired) electrons. The Morgan fingerprint density at radius 2 is 2.18 bits per heavy atom. The van der Waals surface area contributed by atoms with Gasteiger partial charge in [0.2, 0.25) is 0 Å². The number of urea groups is 1. The molecule has 1 saturated heterocycles. The summed E-state index contributed by atoms with van der Waals surface area (Å²) in [6.07, 6.45) is 0.589. The zero-order valence-electron chi connectivity index (χ0n) is 13.6. The lowest BCUT2D eigenvalue weighted by atomic mass is 9.89. The fourth-order valence-corrected chi connectivity index (χ4v) is 3.54. The normalized spacial score (nSPS) is 21.4. The SMILES string of the molecule is Cc1ccccc1[C@]1(O)CCN(C(=O)NCCSC(C)C)C1. The zero-order chi connectivity index (χ0) is 16.2. The van der Waals surface area contributed by atoms with Crippen LogP contribution in [0.4, 0.5) is 4.79 Å². The van der Waals surface area contributed by atoms with Crippen LogP contribution in [0.5, 0.6) is 0 Å². The fourth-order valence-electron chi connectivity index (χ4n) is 2.85. The molecule has 0 aromatic heterocycles. The summed E-state index contributed by atoms with van der Waals surface area (Å²) in [5.74, 6) is 0.916. The number of aliphatic hydroxyl groups is 1. The molecule has 0 spiro atoms. The van der Waals surface area contributed by atoms with Crippen LogP contribution in [0.3, 0.4) is 0 Å². The Morgan fingerprint density at radius 1 is 1.45 bits per heavy atom. The number of likely N-dealkylation sites (tertiary alicyclic amines) is 1. The van der Waals surface area contributed by atoms with Gasteiger partial charge in [0, 0.05) is 18.8 Å². The average Bonchev–Trinajstić information content (AvgIpc) is 2.87. The summed E-state index contributed by atoms with van der Waals surface area (Å²) in [5.41, 5.74) is 1.08. The molecule has 0 aliphatic carbocycles. The average molecular weight is 322 g/mol. The fraction of sp³-hybridized carbons (Fsp3) is 0.588. The maximum absolute atomic E-state index is 12.2. The number of carbonyl (C=O) groups excluding carboxylic acids is 1. The molecule has 22 heavy (non-hydrogen) atoms. The number of thioether (sulfide) groups is 1. The lowest BCUT2D eigenvalue weighted by molar-refractivity contribution is 0.0488. The number of hydrogen-bond donors (Lipinski definition) is 2. The zero-order valence-corrected chi connectivity index (χ0v) is 14.4. The topological polar surface area (TPSA) is 52.6 Å². The van der Waals surface area contributed by atoms with Gasteiger partial charge in [-0.15, -0.1) is 0 Å². The molecule has 1 heterocycles. The van der Waals surface area contributed by atoms with Crippen LogP contribution >= 0.6 is 11.8 Å². The van der Waals surface area contributed by atoms with Crippen molar-refractivity contribution in [3.05, 3.63) is 35.4 Å². The van der Waals surface area contributed by atoms with Crippen molar-refractivity contribution in [1.82, 2.24) is 10.2 Å².